The fourth-order valence-electron chi connectivity index (χ4n) is 2.20. The van der Waals surface area contributed by atoms with E-state index in [0.717, 1.165) is 25.7 Å². The number of hydrogen-bond donors (Lipinski definition) is 4. The van der Waals surface area contributed by atoms with E-state index in [1.165, 1.54) is 0 Å². The molecule has 7 N–H and O–H groups in total. The number of anilines is 2. The van der Waals surface area contributed by atoms with Crippen molar-refractivity contribution in [3.05, 3.63) is 10.8 Å². The summed E-state index contributed by atoms with van der Waals surface area (Å²) in [6.07, 6.45) is 3.97. The van der Waals surface area contributed by atoms with Gasteiger partial charge < -0.3 is 22.5 Å². The van der Waals surface area contributed by atoms with Gasteiger partial charge in [-0.1, -0.05) is 24.4 Å². The SMILES string of the molecule is Nc1nc(N)c(C(=O)NCC2(N)CCCC2)nc1Cl. The first-order valence-corrected chi connectivity index (χ1v) is 6.45. The van der Waals surface area contributed by atoms with Crippen molar-refractivity contribution in [2.75, 3.05) is 18.0 Å². The van der Waals surface area contributed by atoms with Crippen molar-refractivity contribution in [1.82, 2.24) is 15.3 Å². The van der Waals surface area contributed by atoms with Crippen molar-refractivity contribution in [3.63, 3.8) is 0 Å². The smallest absolute Gasteiger partial charge is 0.273 e. The molecule has 1 aromatic rings. The van der Waals surface area contributed by atoms with E-state index in [2.05, 4.69) is 15.3 Å². The molecular weight excluding hydrogens is 268 g/mol. The van der Waals surface area contributed by atoms with Gasteiger partial charge in [-0.3, -0.25) is 4.79 Å². The molecule has 0 aromatic carbocycles. The average Bonchev–Trinajstić information content (AvgIpc) is 2.78. The van der Waals surface area contributed by atoms with Crippen molar-refractivity contribution >= 4 is 29.1 Å². The van der Waals surface area contributed by atoms with E-state index in [-0.39, 0.29) is 28.0 Å². The number of carbonyl (C=O) groups is 1. The Bertz CT molecular complexity index is 500. The summed E-state index contributed by atoms with van der Waals surface area (Å²) in [5.41, 5.74) is 16.8. The third-order valence-electron chi connectivity index (χ3n) is 3.32. The molecule has 1 fully saturated rings. The maximum atomic E-state index is 12.0. The van der Waals surface area contributed by atoms with Gasteiger partial charge >= 0.3 is 0 Å². The summed E-state index contributed by atoms with van der Waals surface area (Å²) in [5.74, 6) is -0.484. The lowest BCUT2D eigenvalue weighted by Gasteiger charge is -2.23. The van der Waals surface area contributed by atoms with Crippen LogP contribution in [0.1, 0.15) is 36.2 Å². The highest BCUT2D eigenvalue weighted by Crippen LogP contribution is 2.26. The van der Waals surface area contributed by atoms with Crippen LogP contribution in [0.2, 0.25) is 5.15 Å². The van der Waals surface area contributed by atoms with Crippen LogP contribution in [-0.4, -0.2) is 28.0 Å². The van der Waals surface area contributed by atoms with E-state index in [4.69, 9.17) is 28.8 Å². The Hall–Kier alpha value is -1.60. The van der Waals surface area contributed by atoms with Gasteiger partial charge in [-0.25, -0.2) is 9.97 Å². The topological polar surface area (TPSA) is 133 Å². The lowest BCUT2D eigenvalue weighted by Crippen LogP contribution is -2.48. The van der Waals surface area contributed by atoms with Gasteiger partial charge in [0.05, 0.1) is 0 Å². The molecule has 0 saturated heterocycles. The number of halogens is 1. The van der Waals surface area contributed by atoms with Crippen molar-refractivity contribution in [2.24, 2.45) is 5.73 Å². The van der Waals surface area contributed by atoms with Gasteiger partial charge in [0, 0.05) is 12.1 Å². The largest absolute Gasteiger partial charge is 0.382 e. The summed E-state index contributed by atoms with van der Waals surface area (Å²) < 4.78 is 0. The number of amides is 1. The van der Waals surface area contributed by atoms with Crippen LogP contribution in [0.25, 0.3) is 0 Å². The molecule has 0 radical (unpaired) electrons. The molecule has 1 aliphatic rings. The van der Waals surface area contributed by atoms with Crippen LogP contribution >= 0.6 is 11.6 Å². The molecule has 0 unspecified atom stereocenters. The molecule has 8 heteroatoms. The molecule has 2 rings (SSSR count). The quantitative estimate of drug-likeness (QED) is 0.631. The van der Waals surface area contributed by atoms with Gasteiger partial charge in [0.1, 0.15) is 0 Å². The van der Waals surface area contributed by atoms with Crippen LogP contribution in [0.4, 0.5) is 11.6 Å². The van der Waals surface area contributed by atoms with Crippen LogP contribution < -0.4 is 22.5 Å². The molecule has 1 aliphatic carbocycles. The molecule has 1 saturated carbocycles. The van der Waals surface area contributed by atoms with E-state index < -0.39 is 5.91 Å². The van der Waals surface area contributed by atoms with Crippen LogP contribution in [-0.2, 0) is 0 Å². The highest BCUT2D eigenvalue weighted by Gasteiger charge is 2.30. The van der Waals surface area contributed by atoms with Crippen LogP contribution in [0.15, 0.2) is 0 Å². The minimum absolute atomic E-state index is 0.00167. The second kappa shape index (κ2) is 5.18. The van der Waals surface area contributed by atoms with E-state index >= 15 is 0 Å². The number of aromatic nitrogens is 2. The number of hydrogen-bond acceptors (Lipinski definition) is 6. The highest BCUT2D eigenvalue weighted by molar-refractivity contribution is 6.31. The second-order valence-corrected chi connectivity index (χ2v) is 5.24. The normalized spacial score (nSPS) is 17.4. The maximum absolute atomic E-state index is 12.0. The number of carbonyl (C=O) groups excluding carboxylic acids is 1. The molecular formula is C11H17ClN6O. The number of nitrogens with zero attached hydrogens (tertiary/aromatic N) is 2. The van der Waals surface area contributed by atoms with Crippen molar-refractivity contribution in [3.8, 4) is 0 Å². The third kappa shape index (κ3) is 3.05. The van der Waals surface area contributed by atoms with E-state index in [1.807, 2.05) is 0 Å². The number of rotatable bonds is 3. The Morgan fingerprint density at radius 1 is 1.26 bits per heavy atom. The second-order valence-electron chi connectivity index (χ2n) is 4.89. The van der Waals surface area contributed by atoms with Crippen LogP contribution in [0.3, 0.4) is 0 Å². The van der Waals surface area contributed by atoms with Gasteiger partial charge in [0.2, 0.25) is 0 Å². The van der Waals surface area contributed by atoms with E-state index in [0.29, 0.717) is 6.54 Å². The molecule has 0 spiro atoms. The summed E-state index contributed by atoms with van der Waals surface area (Å²) in [4.78, 5) is 19.6. The number of nitrogen functional groups attached to an aromatic ring is 2. The van der Waals surface area contributed by atoms with Crippen molar-refractivity contribution in [1.29, 1.82) is 0 Å². The van der Waals surface area contributed by atoms with Gasteiger partial charge in [-0.05, 0) is 12.8 Å². The Kier molecular flexibility index (Phi) is 3.77. The van der Waals surface area contributed by atoms with Gasteiger partial charge in [0.15, 0.2) is 22.5 Å². The monoisotopic (exact) mass is 284 g/mol. The van der Waals surface area contributed by atoms with Crippen LogP contribution in [0.5, 0.6) is 0 Å². The Morgan fingerprint density at radius 3 is 2.53 bits per heavy atom. The Balaban J connectivity index is 2.06. The summed E-state index contributed by atoms with van der Waals surface area (Å²) in [6.45, 7) is 0.384. The molecule has 1 heterocycles. The lowest BCUT2D eigenvalue weighted by atomic mass is 9.99. The highest BCUT2D eigenvalue weighted by atomic mass is 35.5. The predicted octanol–water partition coefficient (Wildman–Crippen LogP) is 0.296. The van der Waals surface area contributed by atoms with Gasteiger partial charge in [0.25, 0.3) is 5.91 Å². The molecule has 1 amide bonds. The average molecular weight is 285 g/mol. The zero-order valence-corrected chi connectivity index (χ0v) is 11.2. The molecule has 1 aromatic heterocycles. The summed E-state index contributed by atoms with van der Waals surface area (Å²) in [7, 11) is 0. The van der Waals surface area contributed by atoms with Crippen molar-refractivity contribution in [2.45, 2.75) is 31.2 Å². The minimum Gasteiger partial charge on any atom is -0.382 e. The van der Waals surface area contributed by atoms with Gasteiger partial charge in [-0.2, -0.15) is 0 Å². The molecule has 0 bridgehead atoms. The Labute approximate surface area is 115 Å². The van der Waals surface area contributed by atoms with Gasteiger partial charge in [-0.15, -0.1) is 0 Å². The van der Waals surface area contributed by atoms with Crippen LogP contribution in [0, 0.1) is 0 Å². The zero-order chi connectivity index (χ0) is 14.0. The predicted molar refractivity (Wildman–Crippen MR) is 73.6 cm³/mol. The third-order valence-corrected chi connectivity index (χ3v) is 3.60. The molecule has 0 atom stereocenters. The first-order chi connectivity index (χ1) is 8.91. The summed E-state index contributed by atoms with van der Waals surface area (Å²) >= 11 is 5.73. The fraction of sp³-hybridized carbons (Fsp3) is 0.545. The fourth-order valence-corrected chi connectivity index (χ4v) is 2.33. The summed E-state index contributed by atoms with van der Waals surface area (Å²) in [5, 5.41) is 2.68. The standard InChI is InChI=1S/C11H17ClN6O/c12-7-9(14)18-8(13)6(17-7)10(19)16-5-11(15)3-1-2-4-11/h1-5,15H2,(H,16,19)(H4,13,14,18). The first kappa shape index (κ1) is 13.8. The molecule has 104 valence electrons. The minimum atomic E-state index is -0.441. The Morgan fingerprint density at radius 2 is 1.89 bits per heavy atom. The lowest BCUT2D eigenvalue weighted by molar-refractivity contribution is 0.0939. The number of nitrogens with one attached hydrogen (secondary N) is 1. The zero-order valence-electron chi connectivity index (χ0n) is 10.4. The van der Waals surface area contributed by atoms with Crippen molar-refractivity contribution < 1.29 is 4.79 Å². The molecule has 0 aliphatic heterocycles. The molecule has 7 nitrogen and oxygen atoms in total. The summed E-state index contributed by atoms with van der Waals surface area (Å²) in [6, 6.07) is 0. The maximum Gasteiger partial charge on any atom is 0.273 e. The molecule has 19 heavy (non-hydrogen) atoms. The van der Waals surface area contributed by atoms with E-state index in [9.17, 15) is 4.79 Å². The van der Waals surface area contributed by atoms with E-state index in [1.54, 1.807) is 0 Å². The first-order valence-electron chi connectivity index (χ1n) is 6.07. The number of nitrogens with two attached hydrogens (primary N) is 3.